The van der Waals surface area contributed by atoms with Gasteiger partial charge in [-0.1, -0.05) is 0 Å². The third-order valence-corrected chi connectivity index (χ3v) is 2.37. The van der Waals surface area contributed by atoms with Gasteiger partial charge in [-0.25, -0.2) is 0 Å². The van der Waals surface area contributed by atoms with E-state index in [4.69, 9.17) is 9.52 Å². The molecule has 0 aromatic carbocycles. The fourth-order valence-electron chi connectivity index (χ4n) is 1.47. The highest BCUT2D eigenvalue weighted by Crippen LogP contribution is 2.06. The largest absolute Gasteiger partial charge is 0.481 e. The Hall–Kier alpha value is -2.31. The molecule has 0 fully saturated rings. The molecule has 7 nitrogen and oxygen atoms in total. The second-order valence-corrected chi connectivity index (χ2v) is 3.90. The highest BCUT2D eigenvalue weighted by molar-refractivity contribution is 5.91. The number of carboxylic acid groups (broad SMARTS) is 1. The van der Waals surface area contributed by atoms with E-state index in [9.17, 15) is 14.4 Å². The molecule has 1 heterocycles. The predicted octanol–water partition coefficient (Wildman–Crippen LogP) is 0.333. The molecule has 1 rings (SSSR count). The molecule has 0 aliphatic carbocycles. The van der Waals surface area contributed by atoms with Gasteiger partial charge >= 0.3 is 5.97 Å². The maximum absolute atomic E-state index is 12.0. The Balaban J connectivity index is 2.60. The van der Waals surface area contributed by atoms with Gasteiger partial charge in [-0.05, 0) is 12.1 Å². The molecule has 1 aromatic rings. The third-order valence-electron chi connectivity index (χ3n) is 2.37. The summed E-state index contributed by atoms with van der Waals surface area (Å²) >= 11 is 0. The fourth-order valence-corrected chi connectivity index (χ4v) is 1.47. The summed E-state index contributed by atoms with van der Waals surface area (Å²) in [6.45, 7) is 1.93. The quantitative estimate of drug-likeness (QED) is 0.742. The van der Waals surface area contributed by atoms with Crippen LogP contribution in [0.4, 0.5) is 0 Å². The van der Waals surface area contributed by atoms with Crippen molar-refractivity contribution in [2.75, 3.05) is 19.6 Å². The van der Waals surface area contributed by atoms with E-state index in [2.05, 4.69) is 5.32 Å². The molecule has 0 saturated carbocycles. The van der Waals surface area contributed by atoms with E-state index in [1.54, 1.807) is 6.07 Å². The van der Waals surface area contributed by atoms with Crippen molar-refractivity contribution in [3.8, 4) is 0 Å². The Labute approximate surface area is 110 Å². The number of rotatable bonds is 7. The molecular weight excluding hydrogens is 252 g/mol. The third kappa shape index (κ3) is 5.24. The molecule has 0 unspecified atom stereocenters. The molecule has 19 heavy (non-hydrogen) atoms. The van der Waals surface area contributed by atoms with Crippen LogP contribution < -0.4 is 5.32 Å². The molecule has 104 valence electrons. The number of amides is 2. The Morgan fingerprint density at radius 2 is 2.11 bits per heavy atom. The van der Waals surface area contributed by atoms with E-state index in [-0.39, 0.29) is 37.7 Å². The van der Waals surface area contributed by atoms with E-state index < -0.39 is 11.9 Å². The summed E-state index contributed by atoms with van der Waals surface area (Å²) in [6, 6.07) is 3.09. The van der Waals surface area contributed by atoms with E-state index >= 15 is 0 Å². The first-order chi connectivity index (χ1) is 9.00. The van der Waals surface area contributed by atoms with Gasteiger partial charge in [-0.2, -0.15) is 0 Å². The number of carbonyl (C=O) groups is 3. The first-order valence-electron chi connectivity index (χ1n) is 5.79. The summed E-state index contributed by atoms with van der Waals surface area (Å²) in [5.41, 5.74) is 0. The van der Waals surface area contributed by atoms with Crippen LogP contribution in [0.15, 0.2) is 22.8 Å². The molecule has 0 aliphatic heterocycles. The zero-order chi connectivity index (χ0) is 14.3. The van der Waals surface area contributed by atoms with Crippen LogP contribution in [-0.2, 0) is 9.59 Å². The van der Waals surface area contributed by atoms with Gasteiger partial charge in [-0.15, -0.1) is 0 Å². The van der Waals surface area contributed by atoms with Gasteiger partial charge in [0.25, 0.3) is 5.91 Å². The average molecular weight is 268 g/mol. The van der Waals surface area contributed by atoms with Crippen LogP contribution in [0.1, 0.15) is 23.9 Å². The Kier molecular flexibility index (Phi) is 5.59. The average Bonchev–Trinajstić information content (AvgIpc) is 2.85. The minimum atomic E-state index is -0.989. The van der Waals surface area contributed by atoms with Crippen LogP contribution in [0.3, 0.4) is 0 Å². The summed E-state index contributed by atoms with van der Waals surface area (Å²) in [5.74, 6) is -1.44. The summed E-state index contributed by atoms with van der Waals surface area (Å²) in [5, 5.41) is 11.2. The maximum Gasteiger partial charge on any atom is 0.305 e. The Bertz CT molecular complexity index is 441. The number of carboxylic acids is 1. The second kappa shape index (κ2) is 7.20. The lowest BCUT2D eigenvalue weighted by Gasteiger charge is -2.20. The lowest BCUT2D eigenvalue weighted by atomic mass is 10.3. The van der Waals surface area contributed by atoms with Crippen LogP contribution >= 0.6 is 0 Å². The van der Waals surface area contributed by atoms with Crippen LogP contribution in [0.5, 0.6) is 0 Å². The van der Waals surface area contributed by atoms with Gasteiger partial charge in [0.05, 0.1) is 12.7 Å². The minimum absolute atomic E-state index is 0.0639. The van der Waals surface area contributed by atoms with E-state index in [1.165, 1.54) is 24.2 Å². The molecule has 2 amide bonds. The van der Waals surface area contributed by atoms with Gasteiger partial charge in [-0.3, -0.25) is 14.4 Å². The zero-order valence-electron chi connectivity index (χ0n) is 10.6. The summed E-state index contributed by atoms with van der Waals surface area (Å²) in [4.78, 5) is 34.7. The smallest absolute Gasteiger partial charge is 0.305 e. The SMILES string of the molecule is CC(=O)NCCN(CCC(=O)O)C(=O)c1ccco1. The molecule has 0 aliphatic rings. The Morgan fingerprint density at radius 1 is 1.37 bits per heavy atom. The molecular formula is C12H16N2O5. The number of hydrogen-bond donors (Lipinski definition) is 2. The molecule has 1 aromatic heterocycles. The topological polar surface area (TPSA) is 99.9 Å². The summed E-state index contributed by atoms with van der Waals surface area (Å²) in [6.07, 6.45) is 1.21. The van der Waals surface area contributed by atoms with Gasteiger partial charge in [0.15, 0.2) is 5.76 Å². The first-order valence-corrected chi connectivity index (χ1v) is 5.79. The van der Waals surface area contributed by atoms with Crippen molar-refractivity contribution in [1.29, 1.82) is 0 Å². The minimum Gasteiger partial charge on any atom is -0.481 e. The van der Waals surface area contributed by atoms with Gasteiger partial charge < -0.3 is 19.7 Å². The van der Waals surface area contributed by atoms with Crippen molar-refractivity contribution in [3.05, 3.63) is 24.2 Å². The molecule has 0 atom stereocenters. The molecule has 0 spiro atoms. The lowest BCUT2D eigenvalue weighted by molar-refractivity contribution is -0.137. The standard InChI is InChI=1S/C12H16N2O5/c1-9(15)13-5-7-14(6-4-11(16)17)12(18)10-3-2-8-19-10/h2-3,8H,4-7H2,1H3,(H,13,15)(H,16,17). The molecule has 0 radical (unpaired) electrons. The number of hydrogen-bond acceptors (Lipinski definition) is 4. The monoisotopic (exact) mass is 268 g/mol. The van der Waals surface area contributed by atoms with E-state index in [0.717, 1.165) is 0 Å². The molecule has 2 N–H and O–H groups in total. The van der Waals surface area contributed by atoms with E-state index in [0.29, 0.717) is 0 Å². The highest BCUT2D eigenvalue weighted by Gasteiger charge is 2.18. The van der Waals surface area contributed by atoms with Crippen LogP contribution in [0.25, 0.3) is 0 Å². The summed E-state index contributed by atoms with van der Waals surface area (Å²) in [7, 11) is 0. The Morgan fingerprint density at radius 3 is 2.63 bits per heavy atom. The lowest BCUT2D eigenvalue weighted by Crippen LogP contribution is -2.39. The second-order valence-electron chi connectivity index (χ2n) is 3.90. The van der Waals surface area contributed by atoms with Gasteiger partial charge in [0, 0.05) is 26.6 Å². The number of furan rings is 1. The van der Waals surface area contributed by atoms with Crippen molar-refractivity contribution in [3.63, 3.8) is 0 Å². The normalized spacial score (nSPS) is 9.95. The van der Waals surface area contributed by atoms with Crippen LogP contribution in [0, 0.1) is 0 Å². The van der Waals surface area contributed by atoms with Crippen molar-refractivity contribution in [2.24, 2.45) is 0 Å². The highest BCUT2D eigenvalue weighted by atomic mass is 16.4. The van der Waals surface area contributed by atoms with Crippen LogP contribution in [-0.4, -0.2) is 47.4 Å². The summed E-state index contributed by atoms with van der Waals surface area (Å²) < 4.78 is 4.98. The fraction of sp³-hybridized carbons (Fsp3) is 0.417. The number of aliphatic carboxylic acids is 1. The van der Waals surface area contributed by atoms with Crippen LogP contribution in [0.2, 0.25) is 0 Å². The van der Waals surface area contributed by atoms with E-state index in [1.807, 2.05) is 0 Å². The van der Waals surface area contributed by atoms with Gasteiger partial charge in [0.1, 0.15) is 0 Å². The maximum atomic E-state index is 12.0. The van der Waals surface area contributed by atoms with Crippen molar-refractivity contribution in [2.45, 2.75) is 13.3 Å². The zero-order valence-corrected chi connectivity index (χ0v) is 10.6. The number of nitrogens with one attached hydrogen (secondary N) is 1. The number of nitrogens with zero attached hydrogens (tertiary/aromatic N) is 1. The molecule has 0 saturated heterocycles. The first kappa shape index (κ1) is 14.7. The number of carbonyl (C=O) groups excluding carboxylic acids is 2. The molecule has 0 bridgehead atoms. The van der Waals surface area contributed by atoms with Crippen molar-refractivity contribution in [1.82, 2.24) is 10.2 Å². The van der Waals surface area contributed by atoms with Crippen molar-refractivity contribution >= 4 is 17.8 Å². The van der Waals surface area contributed by atoms with Crippen molar-refractivity contribution < 1.29 is 23.9 Å². The molecule has 7 heteroatoms. The predicted molar refractivity (Wildman–Crippen MR) is 65.5 cm³/mol. The van der Waals surface area contributed by atoms with Gasteiger partial charge in [0.2, 0.25) is 5.91 Å².